The largest absolute Gasteiger partial charge is 0.496 e. The highest BCUT2D eigenvalue weighted by molar-refractivity contribution is 9.10. The zero-order chi connectivity index (χ0) is 21.0. The molecule has 1 saturated heterocycles. The Balaban J connectivity index is 1.68. The van der Waals surface area contributed by atoms with Gasteiger partial charge in [0.15, 0.2) is 0 Å². The molecule has 9 heteroatoms. The summed E-state index contributed by atoms with van der Waals surface area (Å²) in [6, 6.07) is 10.2. The van der Waals surface area contributed by atoms with E-state index in [1.807, 2.05) is 23.1 Å². The van der Waals surface area contributed by atoms with Gasteiger partial charge in [-0.25, -0.2) is 0 Å². The molecule has 1 heterocycles. The Morgan fingerprint density at radius 1 is 1.24 bits per heavy atom. The van der Waals surface area contributed by atoms with Gasteiger partial charge in [-0.3, -0.25) is 14.9 Å². The molecule has 0 bridgehead atoms. The maximum Gasteiger partial charge on any atom is 0.294 e. The fourth-order valence-corrected chi connectivity index (χ4v) is 3.88. The summed E-state index contributed by atoms with van der Waals surface area (Å²) in [6.45, 7) is 1.82. The maximum absolute atomic E-state index is 12.6. The van der Waals surface area contributed by atoms with E-state index in [0.717, 1.165) is 10.0 Å². The average molecular weight is 481 g/mol. The second kappa shape index (κ2) is 9.28. The van der Waals surface area contributed by atoms with E-state index in [9.17, 15) is 14.9 Å². The molecular formula is C20H19BrClN3O4. The van der Waals surface area contributed by atoms with Crippen LogP contribution in [-0.4, -0.2) is 49.0 Å². The molecular weight excluding hydrogens is 462 g/mol. The fraction of sp³-hybridized carbons (Fsp3) is 0.250. The first-order valence-electron chi connectivity index (χ1n) is 8.89. The van der Waals surface area contributed by atoms with Gasteiger partial charge >= 0.3 is 0 Å². The van der Waals surface area contributed by atoms with Gasteiger partial charge in [0.2, 0.25) is 5.91 Å². The van der Waals surface area contributed by atoms with Gasteiger partial charge in [0.05, 0.1) is 17.1 Å². The maximum atomic E-state index is 12.6. The molecule has 0 radical (unpaired) electrons. The number of halogens is 2. The first-order valence-corrected chi connectivity index (χ1v) is 10.1. The van der Waals surface area contributed by atoms with E-state index in [2.05, 4.69) is 15.9 Å². The highest BCUT2D eigenvalue weighted by Crippen LogP contribution is 2.35. The van der Waals surface area contributed by atoms with Crippen LogP contribution in [0.25, 0.3) is 6.08 Å². The van der Waals surface area contributed by atoms with Crippen molar-refractivity contribution in [3.05, 3.63) is 67.6 Å². The number of amides is 1. The van der Waals surface area contributed by atoms with E-state index in [4.69, 9.17) is 16.3 Å². The fourth-order valence-electron chi connectivity index (χ4n) is 3.22. The molecule has 29 heavy (non-hydrogen) atoms. The van der Waals surface area contributed by atoms with Gasteiger partial charge in [0.1, 0.15) is 11.4 Å². The van der Waals surface area contributed by atoms with Gasteiger partial charge in [0.25, 0.3) is 5.69 Å². The van der Waals surface area contributed by atoms with Crippen LogP contribution in [0.3, 0.4) is 0 Å². The van der Waals surface area contributed by atoms with Crippen LogP contribution in [0.4, 0.5) is 11.4 Å². The molecule has 0 saturated carbocycles. The third-order valence-electron chi connectivity index (χ3n) is 4.67. The summed E-state index contributed by atoms with van der Waals surface area (Å²) < 4.78 is 6.20. The average Bonchev–Trinajstić information content (AvgIpc) is 2.72. The van der Waals surface area contributed by atoms with Crippen molar-refractivity contribution in [1.29, 1.82) is 0 Å². The molecule has 1 amide bonds. The lowest BCUT2D eigenvalue weighted by Crippen LogP contribution is -2.48. The second-order valence-electron chi connectivity index (χ2n) is 6.40. The number of methoxy groups -OCH3 is 1. The van der Waals surface area contributed by atoms with Crippen LogP contribution in [0.1, 0.15) is 5.56 Å². The summed E-state index contributed by atoms with van der Waals surface area (Å²) in [7, 11) is 1.58. The van der Waals surface area contributed by atoms with Crippen LogP contribution in [0, 0.1) is 10.1 Å². The molecule has 1 fully saturated rings. The van der Waals surface area contributed by atoms with Crippen molar-refractivity contribution in [3.63, 3.8) is 0 Å². The van der Waals surface area contributed by atoms with Crippen molar-refractivity contribution in [2.45, 2.75) is 0 Å². The Hall–Kier alpha value is -2.58. The van der Waals surface area contributed by atoms with Crippen LogP contribution >= 0.6 is 27.5 Å². The SMILES string of the molecule is COc1ccc(Br)cc1/C=C/C(=O)N1CCN(c2c(Cl)cccc2[N+](=O)[O-])CC1. The van der Waals surface area contributed by atoms with Gasteiger partial charge in [-0.2, -0.15) is 0 Å². The third kappa shape index (κ3) is 4.89. The first kappa shape index (κ1) is 21.1. The van der Waals surface area contributed by atoms with Gasteiger partial charge in [-0.15, -0.1) is 0 Å². The Kier molecular flexibility index (Phi) is 6.76. The molecule has 3 rings (SSSR count). The predicted octanol–water partition coefficient (Wildman–Crippen LogP) is 4.38. The third-order valence-corrected chi connectivity index (χ3v) is 5.47. The molecule has 152 valence electrons. The van der Waals surface area contributed by atoms with Crippen molar-refractivity contribution < 1.29 is 14.5 Å². The molecule has 0 atom stereocenters. The lowest BCUT2D eigenvalue weighted by molar-refractivity contribution is -0.384. The zero-order valence-corrected chi connectivity index (χ0v) is 18.0. The van der Waals surface area contributed by atoms with Crippen molar-refractivity contribution >= 4 is 50.9 Å². The molecule has 0 aliphatic carbocycles. The normalized spacial score (nSPS) is 14.3. The molecule has 2 aromatic carbocycles. The summed E-state index contributed by atoms with van der Waals surface area (Å²) in [5, 5.41) is 11.7. The quantitative estimate of drug-likeness (QED) is 0.361. The number of carbonyl (C=O) groups is 1. The van der Waals surface area contributed by atoms with Crippen molar-refractivity contribution in [2.75, 3.05) is 38.2 Å². The molecule has 7 nitrogen and oxygen atoms in total. The van der Waals surface area contributed by atoms with Crippen LogP contribution < -0.4 is 9.64 Å². The molecule has 0 unspecified atom stereocenters. The summed E-state index contributed by atoms with van der Waals surface area (Å²) in [5.41, 5.74) is 1.17. The lowest BCUT2D eigenvalue weighted by atomic mass is 10.1. The van der Waals surface area contributed by atoms with Crippen LogP contribution in [0.5, 0.6) is 5.75 Å². The topological polar surface area (TPSA) is 75.9 Å². The number of hydrogen-bond donors (Lipinski definition) is 0. The van der Waals surface area contributed by atoms with Crippen LogP contribution in [-0.2, 0) is 4.79 Å². The van der Waals surface area contributed by atoms with Gasteiger partial charge in [-0.05, 0) is 30.3 Å². The van der Waals surface area contributed by atoms with E-state index >= 15 is 0 Å². The first-order chi connectivity index (χ1) is 13.9. The zero-order valence-electron chi connectivity index (χ0n) is 15.7. The highest BCUT2D eigenvalue weighted by atomic mass is 79.9. The monoisotopic (exact) mass is 479 g/mol. The number of nitrogens with zero attached hydrogens (tertiary/aromatic N) is 3. The Bertz CT molecular complexity index is 959. The molecule has 0 N–H and O–H groups in total. The lowest BCUT2D eigenvalue weighted by Gasteiger charge is -2.35. The Labute approximate surface area is 181 Å². The van der Waals surface area contributed by atoms with Crippen molar-refractivity contribution in [3.8, 4) is 5.75 Å². The molecule has 0 spiro atoms. The number of piperazine rings is 1. The molecule has 0 aromatic heterocycles. The van der Waals surface area contributed by atoms with E-state index < -0.39 is 4.92 Å². The standard InChI is InChI=1S/C20H19BrClN3O4/c1-29-18-7-6-15(21)13-14(18)5-8-19(26)23-9-11-24(12-10-23)20-16(22)3-2-4-17(20)25(27)28/h2-8,13H,9-12H2,1H3/b8-5+. The number of carbonyl (C=O) groups excluding carboxylic acids is 1. The minimum atomic E-state index is -0.438. The van der Waals surface area contributed by atoms with Crippen LogP contribution in [0.15, 0.2) is 46.9 Å². The number of rotatable bonds is 5. The number of nitro benzene ring substituents is 1. The molecule has 2 aromatic rings. The smallest absolute Gasteiger partial charge is 0.294 e. The van der Waals surface area contributed by atoms with Crippen molar-refractivity contribution in [2.24, 2.45) is 0 Å². The van der Waals surface area contributed by atoms with E-state index in [-0.39, 0.29) is 11.6 Å². The van der Waals surface area contributed by atoms with Gasteiger partial charge in [-0.1, -0.05) is 33.6 Å². The number of nitro groups is 1. The summed E-state index contributed by atoms with van der Waals surface area (Å²) >= 11 is 9.62. The van der Waals surface area contributed by atoms with Gasteiger partial charge < -0.3 is 14.5 Å². The van der Waals surface area contributed by atoms with E-state index in [1.54, 1.807) is 30.2 Å². The highest BCUT2D eigenvalue weighted by Gasteiger charge is 2.27. The number of benzene rings is 2. The molecule has 1 aliphatic heterocycles. The van der Waals surface area contributed by atoms with E-state index in [1.165, 1.54) is 12.1 Å². The number of para-hydroxylation sites is 1. The summed E-state index contributed by atoms with van der Waals surface area (Å²) in [6.07, 6.45) is 3.23. The summed E-state index contributed by atoms with van der Waals surface area (Å²) in [4.78, 5) is 27.0. The van der Waals surface area contributed by atoms with Crippen LogP contribution in [0.2, 0.25) is 5.02 Å². The minimum absolute atomic E-state index is 0.0288. The Morgan fingerprint density at radius 3 is 2.62 bits per heavy atom. The van der Waals surface area contributed by atoms with Crippen molar-refractivity contribution in [1.82, 2.24) is 4.90 Å². The minimum Gasteiger partial charge on any atom is -0.496 e. The molecule has 1 aliphatic rings. The number of anilines is 1. The van der Waals surface area contributed by atoms with Gasteiger partial charge in [0, 0.05) is 48.4 Å². The number of hydrogen-bond acceptors (Lipinski definition) is 5. The second-order valence-corrected chi connectivity index (χ2v) is 7.72. The Morgan fingerprint density at radius 2 is 1.97 bits per heavy atom. The predicted molar refractivity (Wildman–Crippen MR) is 117 cm³/mol. The van der Waals surface area contributed by atoms with E-state index in [0.29, 0.717) is 42.6 Å². The number of ether oxygens (including phenoxy) is 1. The summed E-state index contributed by atoms with van der Waals surface area (Å²) in [5.74, 6) is 0.549.